The first-order valence-corrected chi connectivity index (χ1v) is 4.13. The maximum atomic E-state index is 5.74. The number of rotatable bonds is 2. The average molecular weight is 162 g/mol. The number of hydrogen-bond donors (Lipinski definition) is 0. The molecule has 0 saturated heterocycles. The van der Waals surface area contributed by atoms with Gasteiger partial charge in [0.05, 0.1) is 5.01 Å². The molecule has 0 radical (unpaired) electrons. The summed E-state index contributed by atoms with van der Waals surface area (Å²) in [5.41, 5.74) is 0. The van der Waals surface area contributed by atoms with Crippen LogP contribution >= 0.6 is 22.9 Å². The fraction of sp³-hybridized carbons (Fsp3) is 0.500. The third-order valence-corrected chi connectivity index (χ3v) is 1.90. The summed E-state index contributed by atoms with van der Waals surface area (Å²) in [5.74, 6) is 0. The van der Waals surface area contributed by atoms with Crippen LogP contribution in [0.3, 0.4) is 0 Å². The van der Waals surface area contributed by atoms with Crippen LogP contribution in [0.25, 0.3) is 0 Å². The molecular weight excluding hydrogens is 154 g/mol. The molecule has 0 fully saturated rings. The highest BCUT2D eigenvalue weighted by atomic mass is 35.5. The van der Waals surface area contributed by atoms with E-state index in [1.165, 1.54) is 0 Å². The van der Waals surface area contributed by atoms with Crippen LogP contribution in [0.2, 0.25) is 0 Å². The van der Waals surface area contributed by atoms with E-state index in [1.807, 2.05) is 12.3 Å². The maximum Gasteiger partial charge on any atom is 0.0939 e. The number of hydrogen-bond acceptors (Lipinski definition) is 2. The first kappa shape index (κ1) is 7.03. The van der Waals surface area contributed by atoms with Crippen molar-refractivity contribution in [3.05, 3.63) is 16.6 Å². The van der Waals surface area contributed by atoms with Crippen molar-refractivity contribution in [2.24, 2.45) is 0 Å². The van der Waals surface area contributed by atoms with Gasteiger partial charge in [-0.25, -0.2) is 4.98 Å². The van der Waals surface area contributed by atoms with Gasteiger partial charge in [-0.05, 0) is 6.92 Å². The Hall–Kier alpha value is -0.0800. The van der Waals surface area contributed by atoms with Crippen LogP contribution in [0.1, 0.15) is 11.9 Å². The standard InChI is InChI=1S/C6H8ClNS/c1-5(7)4-6-8-2-3-9-6/h2-3,5H,4H2,1H3. The Morgan fingerprint density at radius 1 is 1.89 bits per heavy atom. The van der Waals surface area contributed by atoms with Crippen LogP contribution < -0.4 is 0 Å². The highest BCUT2D eigenvalue weighted by Gasteiger charge is 1.99. The summed E-state index contributed by atoms with van der Waals surface area (Å²) in [6, 6.07) is 0. The Kier molecular flexibility index (Phi) is 2.49. The SMILES string of the molecule is CC(Cl)Cc1nccs1. The molecule has 0 bridgehead atoms. The van der Waals surface area contributed by atoms with Gasteiger partial charge in [-0.2, -0.15) is 0 Å². The molecule has 1 aromatic heterocycles. The van der Waals surface area contributed by atoms with Crippen molar-refractivity contribution in [2.45, 2.75) is 18.7 Å². The second-order valence-electron chi connectivity index (χ2n) is 1.91. The van der Waals surface area contributed by atoms with Gasteiger partial charge in [0, 0.05) is 23.4 Å². The molecule has 0 N–H and O–H groups in total. The van der Waals surface area contributed by atoms with Gasteiger partial charge in [-0.1, -0.05) is 0 Å². The van der Waals surface area contributed by atoms with E-state index in [2.05, 4.69) is 4.98 Å². The first-order valence-electron chi connectivity index (χ1n) is 2.81. The van der Waals surface area contributed by atoms with E-state index < -0.39 is 0 Å². The Bertz CT molecular complexity index is 160. The van der Waals surface area contributed by atoms with Crippen molar-refractivity contribution in [3.8, 4) is 0 Å². The summed E-state index contributed by atoms with van der Waals surface area (Å²) >= 11 is 7.39. The molecule has 50 valence electrons. The van der Waals surface area contributed by atoms with E-state index >= 15 is 0 Å². The second-order valence-corrected chi connectivity index (χ2v) is 3.63. The molecule has 1 rings (SSSR count). The van der Waals surface area contributed by atoms with Gasteiger partial charge < -0.3 is 0 Å². The maximum absolute atomic E-state index is 5.74. The zero-order valence-corrected chi connectivity index (χ0v) is 6.75. The summed E-state index contributed by atoms with van der Waals surface area (Å²) in [4.78, 5) is 4.09. The fourth-order valence-corrected chi connectivity index (χ4v) is 1.58. The van der Waals surface area contributed by atoms with E-state index in [0.29, 0.717) is 0 Å². The summed E-state index contributed by atoms with van der Waals surface area (Å²) in [7, 11) is 0. The molecule has 9 heavy (non-hydrogen) atoms. The number of thiazole rings is 1. The number of halogens is 1. The molecule has 1 unspecified atom stereocenters. The van der Waals surface area contributed by atoms with Crippen molar-refractivity contribution >= 4 is 22.9 Å². The van der Waals surface area contributed by atoms with E-state index in [-0.39, 0.29) is 5.38 Å². The van der Waals surface area contributed by atoms with Crippen molar-refractivity contribution in [2.75, 3.05) is 0 Å². The minimum atomic E-state index is 0.205. The lowest BCUT2D eigenvalue weighted by Crippen LogP contribution is -1.95. The van der Waals surface area contributed by atoms with Crippen LogP contribution in [0, 0.1) is 0 Å². The van der Waals surface area contributed by atoms with Gasteiger partial charge in [-0.15, -0.1) is 22.9 Å². The van der Waals surface area contributed by atoms with E-state index in [1.54, 1.807) is 17.5 Å². The Morgan fingerprint density at radius 3 is 3.11 bits per heavy atom. The smallest absolute Gasteiger partial charge is 0.0939 e. The zero-order chi connectivity index (χ0) is 6.69. The second kappa shape index (κ2) is 3.18. The van der Waals surface area contributed by atoms with Gasteiger partial charge in [0.2, 0.25) is 0 Å². The summed E-state index contributed by atoms with van der Waals surface area (Å²) in [6.45, 7) is 1.98. The third-order valence-electron chi connectivity index (χ3n) is 0.939. The van der Waals surface area contributed by atoms with Crippen LogP contribution in [0.5, 0.6) is 0 Å². The lowest BCUT2D eigenvalue weighted by Gasteiger charge is -1.95. The highest BCUT2D eigenvalue weighted by molar-refractivity contribution is 7.09. The predicted molar refractivity (Wildman–Crippen MR) is 41.1 cm³/mol. The number of aromatic nitrogens is 1. The van der Waals surface area contributed by atoms with Crippen LogP contribution in [0.15, 0.2) is 11.6 Å². The molecule has 0 aromatic carbocycles. The first-order chi connectivity index (χ1) is 4.29. The normalized spacial score (nSPS) is 13.6. The van der Waals surface area contributed by atoms with Crippen LogP contribution in [-0.2, 0) is 6.42 Å². The average Bonchev–Trinajstić information content (AvgIpc) is 2.15. The van der Waals surface area contributed by atoms with Crippen LogP contribution in [-0.4, -0.2) is 10.4 Å². The summed E-state index contributed by atoms with van der Waals surface area (Å²) < 4.78 is 0. The van der Waals surface area contributed by atoms with Gasteiger partial charge in [-0.3, -0.25) is 0 Å². The van der Waals surface area contributed by atoms with Gasteiger partial charge >= 0.3 is 0 Å². The molecule has 0 spiro atoms. The molecule has 0 saturated carbocycles. The summed E-state index contributed by atoms with van der Waals surface area (Å²) in [6.07, 6.45) is 2.69. The fourth-order valence-electron chi connectivity index (χ4n) is 0.594. The molecular formula is C6H8ClNS. The predicted octanol–water partition coefficient (Wildman–Crippen LogP) is 2.31. The summed E-state index contributed by atoms with van der Waals surface area (Å²) in [5, 5.41) is 3.29. The largest absolute Gasteiger partial charge is 0.250 e. The molecule has 3 heteroatoms. The van der Waals surface area contributed by atoms with Gasteiger partial charge in [0.1, 0.15) is 0 Å². The molecule has 0 aliphatic heterocycles. The number of alkyl halides is 1. The van der Waals surface area contributed by atoms with Crippen LogP contribution in [0.4, 0.5) is 0 Å². The van der Waals surface area contributed by atoms with Gasteiger partial charge in [0.15, 0.2) is 0 Å². The molecule has 1 atom stereocenters. The highest BCUT2D eigenvalue weighted by Crippen LogP contribution is 2.09. The molecule has 0 aliphatic carbocycles. The van der Waals surface area contributed by atoms with E-state index in [4.69, 9.17) is 11.6 Å². The molecule has 1 aromatic rings. The minimum Gasteiger partial charge on any atom is -0.250 e. The van der Waals surface area contributed by atoms with E-state index in [0.717, 1.165) is 11.4 Å². The lowest BCUT2D eigenvalue weighted by molar-refractivity contribution is 0.918. The zero-order valence-electron chi connectivity index (χ0n) is 5.17. The minimum absolute atomic E-state index is 0.205. The number of nitrogens with zero attached hydrogens (tertiary/aromatic N) is 1. The van der Waals surface area contributed by atoms with Crippen molar-refractivity contribution in [3.63, 3.8) is 0 Å². The Balaban J connectivity index is 2.48. The molecule has 0 amide bonds. The quantitative estimate of drug-likeness (QED) is 0.607. The lowest BCUT2D eigenvalue weighted by atomic mass is 10.3. The molecule has 1 heterocycles. The third kappa shape index (κ3) is 2.33. The monoisotopic (exact) mass is 161 g/mol. The Labute approximate surface area is 63.7 Å². The van der Waals surface area contributed by atoms with Crippen molar-refractivity contribution < 1.29 is 0 Å². The Morgan fingerprint density at radius 2 is 2.67 bits per heavy atom. The van der Waals surface area contributed by atoms with Crippen molar-refractivity contribution in [1.29, 1.82) is 0 Å². The van der Waals surface area contributed by atoms with Crippen molar-refractivity contribution in [1.82, 2.24) is 4.98 Å². The van der Waals surface area contributed by atoms with Gasteiger partial charge in [0.25, 0.3) is 0 Å². The molecule has 1 nitrogen and oxygen atoms in total. The topological polar surface area (TPSA) is 12.9 Å². The van der Waals surface area contributed by atoms with E-state index in [9.17, 15) is 0 Å². The molecule has 0 aliphatic rings.